The van der Waals surface area contributed by atoms with Crippen molar-refractivity contribution in [3.63, 3.8) is 0 Å². The van der Waals surface area contributed by atoms with Gasteiger partial charge in [-0.1, -0.05) is 5.98 Å². The number of hydrazine groups is 1. The first-order valence-electron chi connectivity index (χ1n) is 6.30. The molecule has 0 aliphatic carbocycles. The van der Waals surface area contributed by atoms with Crippen molar-refractivity contribution in [2.45, 2.75) is 38.9 Å². The van der Waals surface area contributed by atoms with Crippen LogP contribution >= 0.6 is 0 Å². The monoisotopic (exact) mass is 261 g/mol. The summed E-state index contributed by atoms with van der Waals surface area (Å²) in [5.41, 5.74) is 3.50. The van der Waals surface area contributed by atoms with Gasteiger partial charge in [0.2, 0.25) is 0 Å². The Hall–Kier alpha value is -1.37. The summed E-state index contributed by atoms with van der Waals surface area (Å²) < 4.78 is 11.7. The molecule has 6 heteroatoms. The third-order valence-electron chi connectivity index (χ3n) is 3.65. The van der Waals surface area contributed by atoms with Crippen molar-refractivity contribution in [3.8, 4) is 0 Å². The van der Waals surface area contributed by atoms with E-state index in [4.69, 9.17) is 15.2 Å². The third kappa shape index (κ3) is 2.97. The van der Waals surface area contributed by atoms with E-state index in [2.05, 4.69) is 10.4 Å². The van der Waals surface area contributed by atoms with E-state index in [1.54, 1.807) is 6.20 Å². The minimum atomic E-state index is -0.348. The molecular formula is C13H20BN3O2. The third-order valence-corrected chi connectivity index (χ3v) is 3.65. The molecule has 0 amide bonds. The largest absolute Gasteiger partial charge is 0.487 e. The van der Waals surface area contributed by atoms with Crippen molar-refractivity contribution in [3.05, 3.63) is 30.0 Å². The molecule has 0 aromatic carbocycles. The number of hydrogen-bond acceptors (Lipinski definition) is 5. The lowest BCUT2D eigenvalue weighted by Crippen LogP contribution is -2.41. The average Bonchev–Trinajstić information content (AvgIpc) is 2.56. The van der Waals surface area contributed by atoms with Crippen LogP contribution < -0.4 is 11.3 Å². The minimum absolute atomic E-state index is 0.317. The summed E-state index contributed by atoms with van der Waals surface area (Å²) >= 11 is 0. The van der Waals surface area contributed by atoms with Crippen LogP contribution in [0.25, 0.3) is 6.08 Å². The summed E-state index contributed by atoms with van der Waals surface area (Å²) in [6.45, 7) is 8.11. The quantitative estimate of drug-likeness (QED) is 0.495. The molecule has 1 aromatic rings. The number of nitrogen functional groups attached to an aromatic ring is 1. The lowest BCUT2D eigenvalue weighted by atomic mass is 9.89. The number of hydrogen-bond donors (Lipinski definition) is 2. The number of pyridine rings is 1. The SMILES string of the molecule is CC1(C)OB(/C=C/c2ccc(NN)cn2)OC1(C)C. The summed E-state index contributed by atoms with van der Waals surface area (Å²) in [6.07, 6.45) is 3.55. The van der Waals surface area contributed by atoms with Crippen LogP contribution in [0.15, 0.2) is 24.3 Å². The lowest BCUT2D eigenvalue weighted by Gasteiger charge is -2.32. The summed E-state index contributed by atoms with van der Waals surface area (Å²) in [5.74, 6) is 7.15. The molecule has 0 bridgehead atoms. The van der Waals surface area contributed by atoms with E-state index >= 15 is 0 Å². The molecule has 1 aliphatic rings. The van der Waals surface area contributed by atoms with E-state index in [1.165, 1.54) is 0 Å². The maximum atomic E-state index is 5.86. The zero-order valence-electron chi connectivity index (χ0n) is 11.8. The molecule has 0 unspecified atom stereocenters. The molecule has 2 heterocycles. The molecule has 5 nitrogen and oxygen atoms in total. The number of rotatable bonds is 3. The molecule has 1 saturated heterocycles. The summed E-state index contributed by atoms with van der Waals surface area (Å²) in [5, 5.41) is 0. The molecule has 0 atom stereocenters. The fraction of sp³-hybridized carbons (Fsp3) is 0.462. The molecule has 0 saturated carbocycles. The first-order chi connectivity index (χ1) is 8.84. The van der Waals surface area contributed by atoms with E-state index in [9.17, 15) is 0 Å². The van der Waals surface area contributed by atoms with Crippen molar-refractivity contribution in [2.75, 3.05) is 5.43 Å². The van der Waals surface area contributed by atoms with Crippen LogP contribution in [0.5, 0.6) is 0 Å². The number of nitrogens with two attached hydrogens (primary N) is 1. The second-order valence-electron chi connectivity index (χ2n) is 5.60. The first kappa shape index (κ1) is 14.1. The standard InChI is InChI=1S/C13H20BN3O2/c1-12(2)13(3,4)19-14(18-12)8-7-10-5-6-11(17-15)9-16-10/h5-9,17H,15H2,1-4H3/b8-7+. The zero-order chi connectivity index (χ0) is 14.1. The van der Waals surface area contributed by atoms with Gasteiger partial charge < -0.3 is 14.7 Å². The topological polar surface area (TPSA) is 69.4 Å². The molecule has 0 radical (unpaired) electrons. The van der Waals surface area contributed by atoms with Crippen molar-refractivity contribution in [2.24, 2.45) is 5.84 Å². The van der Waals surface area contributed by atoms with Crippen LogP contribution in [0.4, 0.5) is 5.69 Å². The van der Waals surface area contributed by atoms with Crippen molar-refractivity contribution in [1.29, 1.82) is 0 Å². The van der Waals surface area contributed by atoms with Crippen molar-refractivity contribution >= 4 is 18.9 Å². The van der Waals surface area contributed by atoms with Crippen LogP contribution in [0.2, 0.25) is 0 Å². The maximum absolute atomic E-state index is 5.86. The van der Waals surface area contributed by atoms with Gasteiger partial charge in [0, 0.05) is 0 Å². The second kappa shape index (κ2) is 4.96. The van der Waals surface area contributed by atoms with Crippen molar-refractivity contribution < 1.29 is 9.31 Å². The fourth-order valence-electron chi connectivity index (χ4n) is 1.73. The second-order valence-corrected chi connectivity index (χ2v) is 5.60. The van der Waals surface area contributed by atoms with Gasteiger partial charge in [0.05, 0.1) is 28.8 Å². The Morgan fingerprint density at radius 2 is 1.84 bits per heavy atom. The van der Waals surface area contributed by atoms with E-state index in [1.807, 2.05) is 51.9 Å². The zero-order valence-corrected chi connectivity index (χ0v) is 11.8. The van der Waals surface area contributed by atoms with Crippen LogP contribution in [-0.4, -0.2) is 23.3 Å². The molecule has 1 fully saturated rings. The number of anilines is 1. The van der Waals surface area contributed by atoms with Crippen LogP contribution in [-0.2, 0) is 9.31 Å². The summed E-state index contributed by atoms with van der Waals surface area (Å²) in [6, 6.07) is 3.73. The molecule has 19 heavy (non-hydrogen) atoms. The Kier molecular flexibility index (Phi) is 3.67. The van der Waals surface area contributed by atoms with E-state index in [-0.39, 0.29) is 18.3 Å². The van der Waals surface area contributed by atoms with Gasteiger partial charge in [-0.25, -0.2) is 0 Å². The highest BCUT2D eigenvalue weighted by Gasteiger charge is 2.49. The molecule has 1 aromatic heterocycles. The van der Waals surface area contributed by atoms with Gasteiger partial charge in [0.25, 0.3) is 0 Å². The van der Waals surface area contributed by atoms with Gasteiger partial charge in [0.15, 0.2) is 0 Å². The van der Waals surface area contributed by atoms with Gasteiger partial charge in [-0.3, -0.25) is 10.8 Å². The smallest absolute Gasteiger partial charge is 0.400 e. The Balaban J connectivity index is 2.04. The highest BCUT2D eigenvalue weighted by atomic mass is 16.7. The number of nitrogens with zero attached hydrogens (tertiary/aromatic N) is 1. The van der Waals surface area contributed by atoms with Crippen LogP contribution in [0.3, 0.4) is 0 Å². The Bertz CT molecular complexity index is 455. The lowest BCUT2D eigenvalue weighted by molar-refractivity contribution is 0.00578. The van der Waals surface area contributed by atoms with Crippen LogP contribution in [0, 0.1) is 0 Å². The normalized spacial score (nSPS) is 21.0. The summed E-state index contributed by atoms with van der Waals surface area (Å²) in [7, 11) is -0.348. The van der Waals surface area contributed by atoms with Gasteiger partial charge in [-0.05, 0) is 45.9 Å². The Morgan fingerprint density at radius 1 is 1.21 bits per heavy atom. The van der Waals surface area contributed by atoms with Crippen LogP contribution in [0.1, 0.15) is 33.4 Å². The van der Waals surface area contributed by atoms with Gasteiger partial charge in [-0.15, -0.1) is 0 Å². The Labute approximate surface area is 114 Å². The summed E-state index contributed by atoms with van der Waals surface area (Å²) in [4.78, 5) is 4.24. The van der Waals surface area contributed by atoms with Crippen molar-refractivity contribution in [1.82, 2.24) is 4.98 Å². The first-order valence-corrected chi connectivity index (χ1v) is 6.30. The molecule has 1 aliphatic heterocycles. The molecule has 3 N–H and O–H groups in total. The van der Waals surface area contributed by atoms with Gasteiger partial charge in [0.1, 0.15) is 0 Å². The molecular weight excluding hydrogens is 241 g/mol. The average molecular weight is 261 g/mol. The Morgan fingerprint density at radius 3 is 2.32 bits per heavy atom. The number of aromatic nitrogens is 1. The predicted octanol–water partition coefficient (Wildman–Crippen LogP) is 2.01. The molecule has 0 spiro atoms. The minimum Gasteiger partial charge on any atom is -0.400 e. The number of nitrogens with one attached hydrogen (secondary N) is 1. The fourth-order valence-corrected chi connectivity index (χ4v) is 1.73. The molecule has 2 rings (SSSR count). The highest BCUT2D eigenvalue weighted by Crippen LogP contribution is 2.36. The van der Waals surface area contributed by atoms with Gasteiger partial charge >= 0.3 is 7.12 Å². The van der Waals surface area contributed by atoms with E-state index < -0.39 is 0 Å². The van der Waals surface area contributed by atoms with Gasteiger partial charge in [-0.2, -0.15) is 0 Å². The maximum Gasteiger partial charge on any atom is 0.487 e. The van der Waals surface area contributed by atoms with E-state index in [0.29, 0.717) is 0 Å². The molecule has 102 valence electrons. The predicted molar refractivity (Wildman–Crippen MR) is 77.2 cm³/mol. The van der Waals surface area contributed by atoms with E-state index in [0.717, 1.165) is 11.4 Å². The highest BCUT2D eigenvalue weighted by molar-refractivity contribution is 6.52.